The molecule has 0 spiro atoms. The van der Waals surface area contributed by atoms with E-state index in [4.69, 9.17) is 0 Å². The van der Waals surface area contributed by atoms with Crippen LogP contribution in [0, 0.1) is 0 Å². The molecule has 0 bridgehead atoms. The van der Waals surface area contributed by atoms with Gasteiger partial charge in [0.05, 0.1) is 12.1 Å². The van der Waals surface area contributed by atoms with Crippen molar-refractivity contribution in [1.29, 1.82) is 0 Å². The highest BCUT2D eigenvalue weighted by Gasteiger charge is 2.19. The van der Waals surface area contributed by atoms with Crippen LogP contribution >= 0.6 is 0 Å². The van der Waals surface area contributed by atoms with Crippen molar-refractivity contribution in [2.45, 2.75) is 32.4 Å². The van der Waals surface area contributed by atoms with Crippen LogP contribution in [0.1, 0.15) is 32.4 Å². The molecule has 0 radical (unpaired) electrons. The van der Waals surface area contributed by atoms with Crippen LogP contribution in [-0.4, -0.2) is 27.4 Å². The van der Waals surface area contributed by atoms with Crippen LogP contribution in [0.2, 0.25) is 0 Å². The van der Waals surface area contributed by atoms with Gasteiger partial charge in [-0.25, -0.2) is 9.48 Å². The summed E-state index contributed by atoms with van der Waals surface area (Å²) >= 11 is 0. The van der Waals surface area contributed by atoms with Gasteiger partial charge in [0, 0.05) is 6.54 Å². The van der Waals surface area contributed by atoms with Gasteiger partial charge in [-0.1, -0.05) is 0 Å². The summed E-state index contributed by atoms with van der Waals surface area (Å²) in [5.74, 6) is 0. The van der Waals surface area contributed by atoms with Crippen LogP contribution in [0.3, 0.4) is 0 Å². The Morgan fingerprint density at radius 3 is 2.93 bits per heavy atom. The zero-order valence-electron chi connectivity index (χ0n) is 8.60. The van der Waals surface area contributed by atoms with Crippen molar-refractivity contribution in [2.24, 2.45) is 0 Å². The lowest BCUT2D eigenvalue weighted by Gasteiger charge is -2.07. The molecule has 1 aliphatic rings. The largest absolute Gasteiger partial charge is 0.346 e. The third-order valence-corrected chi connectivity index (χ3v) is 2.63. The Labute approximate surface area is 82.7 Å². The van der Waals surface area contributed by atoms with Gasteiger partial charge in [0.25, 0.3) is 0 Å². The van der Waals surface area contributed by atoms with Crippen LogP contribution in [0.25, 0.3) is 0 Å². The maximum absolute atomic E-state index is 11.8. The molecule has 2 heterocycles. The molecule has 78 valence electrons. The Kier molecular flexibility index (Phi) is 2.41. The van der Waals surface area contributed by atoms with Crippen molar-refractivity contribution in [3.63, 3.8) is 0 Å². The first kappa shape index (κ1) is 9.45. The Morgan fingerprint density at radius 1 is 1.64 bits per heavy atom. The van der Waals surface area contributed by atoms with Crippen LogP contribution in [0.5, 0.6) is 0 Å². The molecule has 5 heteroatoms. The van der Waals surface area contributed by atoms with E-state index in [1.165, 1.54) is 4.68 Å². The molecule has 1 aromatic rings. The number of nitrogens with zero attached hydrogens (tertiary/aromatic N) is 3. The predicted octanol–water partition coefficient (Wildman–Crippen LogP) is 0.160. The van der Waals surface area contributed by atoms with Crippen LogP contribution in [0.15, 0.2) is 11.1 Å². The lowest BCUT2D eigenvalue weighted by Crippen LogP contribution is -2.29. The van der Waals surface area contributed by atoms with E-state index in [9.17, 15) is 4.79 Å². The highest BCUT2D eigenvalue weighted by molar-refractivity contribution is 4.82. The van der Waals surface area contributed by atoms with Crippen molar-refractivity contribution < 1.29 is 0 Å². The second kappa shape index (κ2) is 3.57. The van der Waals surface area contributed by atoms with Crippen LogP contribution < -0.4 is 11.0 Å². The van der Waals surface area contributed by atoms with Crippen LogP contribution in [-0.2, 0) is 0 Å². The summed E-state index contributed by atoms with van der Waals surface area (Å²) < 4.78 is 3.26. The molecule has 0 aromatic carbocycles. The Morgan fingerprint density at radius 2 is 2.43 bits per heavy atom. The first-order chi connectivity index (χ1) is 6.70. The number of rotatable bonds is 2. The van der Waals surface area contributed by atoms with Gasteiger partial charge in [0.15, 0.2) is 0 Å². The fourth-order valence-electron chi connectivity index (χ4n) is 1.81. The van der Waals surface area contributed by atoms with Crippen LogP contribution in [0.4, 0.5) is 0 Å². The average Bonchev–Trinajstić information content (AvgIpc) is 2.71. The van der Waals surface area contributed by atoms with E-state index < -0.39 is 0 Å². The molecule has 0 unspecified atom stereocenters. The summed E-state index contributed by atoms with van der Waals surface area (Å²) in [4.78, 5) is 11.8. The molecule has 1 aliphatic heterocycles. The third-order valence-electron chi connectivity index (χ3n) is 2.63. The minimum atomic E-state index is 0.00806. The quantitative estimate of drug-likeness (QED) is 0.733. The first-order valence-electron chi connectivity index (χ1n) is 5.06. The van der Waals surface area contributed by atoms with Crippen molar-refractivity contribution in [3.8, 4) is 0 Å². The molecular formula is C9H16N4O. The predicted molar refractivity (Wildman–Crippen MR) is 53.4 cm³/mol. The lowest BCUT2D eigenvalue weighted by molar-refractivity contribution is 0.479. The molecule has 1 fully saturated rings. The standard InChI is InChI=1S/C9H16N4O/c1-7(2)13-9(14)12(6-11-13)8-3-4-10-5-8/h6-8,10H,3-5H2,1-2H3/t8-/m1/s1. The van der Waals surface area contributed by atoms with Gasteiger partial charge in [-0.3, -0.25) is 4.57 Å². The average molecular weight is 196 g/mol. The monoisotopic (exact) mass is 196 g/mol. The van der Waals surface area contributed by atoms with E-state index >= 15 is 0 Å². The molecule has 1 aromatic heterocycles. The van der Waals surface area contributed by atoms with Gasteiger partial charge < -0.3 is 5.32 Å². The van der Waals surface area contributed by atoms with E-state index in [1.54, 1.807) is 10.9 Å². The lowest BCUT2D eigenvalue weighted by atomic mass is 10.3. The maximum Gasteiger partial charge on any atom is 0.346 e. The molecule has 1 N–H and O–H groups in total. The van der Waals surface area contributed by atoms with Gasteiger partial charge in [0.1, 0.15) is 6.33 Å². The van der Waals surface area contributed by atoms with E-state index in [0.29, 0.717) is 0 Å². The number of hydrogen-bond acceptors (Lipinski definition) is 3. The van der Waals surface area contributed by atoms with E-state index in [2.05, 4.69) is 10.4 Å². The minimum absolute atomic E-state index is 0.00806. The highest BCUT2D eigenvalue weighted by atomic mass is 16.2. The molecule has 0 amide bonds. The fraction of sp³-hybridized carbons (Fsp3) is 0.778. The van der Waals surface area contributed by atoms with Gasteiger partial charge in [-0.2, -0.15) is 5.10 Å². The fourth-order valence-corrected chi connectivity index (χ4v) is 1.81. The molecule has 14 heavy (non-hydrogen) atoms. The summed E-state index contributed by atoms with van der Waals surface area (Å²) in [5.41, 5.74) is 0.00806. The Hall–Kier alpha value is -1.10. The second-order valence-electron chi connectivity index (χ2n) is 4.01. The zero-order chi connectivity index (χ0) is 10.1. The molecule has 0 saturated carbocycles. The second-order valence-corrected chi connectivity index (χ2v) is 4.01. The topological polar surface area (TPSA) is 51.9 Å². The van der Waals surface area contributed by atoms with Gasteiger partial charge in [-0.05, 0) is 26.8 Å². The van der Waals surface area contributed by atoms with Crippen molar-refractivity contribution in [3.05, 3.63) is 16.8 Å². The van der Waals surface area contributed by atoms with Crippen molar-refractivity contribution >= 4 is 0 Å². The molecule has 5 nitrogen and oxygen atoms in total. The maximum atomic E-state index is 11.8. The summed E-state index contributed by atoms with van der Waals surface area (Å²) in [6, 6.07) is 0.424. The molecule has 1 saturated heterocycles. The third kappa shape index (κ3) is 1.48. The van der Waals surface area contributed by atoms with E-state index in [1.807, 2.05) is 13.8 Å². The number of nitrogens with one attached hydrogen (secondary N) is 1. The molecule has 0 aliphatic carbocycles. The SMILES string of the molecule is CC(C)n1ncn([C@@H]2CCNC2)c1=O. The summed E-state index contributed by atoms with van der Waals surface area (Å²) in [6.45, 7) is 5.80. The number of hydrogen-bond donors (Lipinski definition) is 1. The van der Waals surface area contributed by atoms with Crippen molar-refractivity contribution in [2.75, 3.05) is 13.1 Å². The normalized spacial score (nSPS) is 22.1. The van der Waals surface area contributed by atoms with Crippen molar-refractivity contribution in [1.82, 2.24) is 19.7 Å². The Balaban J connectivity index is 2.31. The molecule has 1 atom stereocenters. The number of aromatic nitrogens is 3. The smallest absolute Gasteiger partial charge is 0.315 e. The van der Waals surface area contributed by atoms with Gasteiger partial charge in [-0.15, -0.1) is 0 Å². The summed E-state index contributed by atoms with van der Waals surface area (Å²) in [6.07, 6.45) is 2.67. The van der Waals surface area contributed by atoms with Gasteiger partial charge in [0.2, 0.25) is 0 Å². The first-order valence-corrected chi connectivity index (χ1v) is 5.06. The van der Waals surface area contributed by atoms with E-state index in [0.717, 1.165) is 19.5 Å². The molecular weight excluding hydrogens is 180 g/mol. The summed E-state index contributed by atoms with van der Waals surface area (Å²) in [7, 11) is 0. The summed E-state index contributed by atoms with van der Waals surface area (Å²) in [5, 5.41) is 7.34. The zero-order valence-corrected chi connectivity index (χ0v) is 8.60. The highest BCUT2D eigenvalue weighted by Crippen LogP contribution is 2.11. The molecule has 2 rings (SSSR count). The van der Waals surface area contributed by atoms with E-state index in [-0.39, 0.29) is 17.8 Å². The Bertz CT molecular complexity index is 359. The minimum Gasteiger partial charge on any atom is -0.315 e. The van der Waals surface area contributed by atoms with Gasteiger partial charge >= 0.3 is 5.69 Å².